The van der Waals surface area contributed by atoms with E-state index in [1.54, 1.807) is 0 Å². The zero-order chi connectivity index (χ0) is 21.1. The maximum atomic E-state index is 13.0. The summed E-state index contributed by atoms with van der Waals surface area (Å²) in [4.78, 5) is 36.9. The van der Waals surface area contributed by atoms with E-state index in [1.807, 2.05) is 48.5 Å². The number of hydrogen-bond donors (Lipinski definition) is 3. The van der Waals surface area contributed by atoms with Gasteiger partial charge in [0, 0.05) is 5.69 Å². The molecule has 8 heteroatoms. The molecule has 2 amide bonds. The van der Waals surface area contributed by atoms with E-state index in [-0.39, 0.29) is 11.4 Å². The number of benzene rings is 2. The number of H-pyrrole nitrogens is 1. The number of aromatic nitrogens is 4. The summed E-state index contributed by atoms with van der Waals surface area (Å²) >= 11 is 0. The first-order valence-corrected chi connectivity index (χ1v) is 9.80. The van der Waals surface area contributed by atoms with Crippen molar-refractivity contribution in [3.8, 4) is 5.95 Å². The Morgan fingerprint density at radius 3 is 2.67 bits per heavy atom. The fourth-order valence-corrected chi connectivity index (χ4v) is 3.37. The SMILES string of the molecule is CCCCc1ccccc1NC(=O)c1ncn(-c2nc3ccccc3[nH]2)c1C(N)=O. The minimum atomic E-state index is -0.766. The van der Waals surface area contributed by atoms with E-state index in [1.165, 1.54) is 10.9 Å². The molecule has 4 rings (SSSR count). The second-order valence-corrected chi connectivity index (χ2v) is 6.97. The highest BCUT2D eigenvalue weighted by molar-refractivity contribution is 6.10. The van der Waals surface area contributed by atoms with Crippen LogP contribution in [-0.2, 0) is 6.42 Å². The van der Waals surface area contributed by atoms with Crippen molar-refractivity contribution in [3.05, 3.63) is 71.8 Å². The van der Waals surface area contributed by atoms with Crippen LogP contribution < -0.4 is 11.1 Å². The van der Waals surface area contributed by atoms with E-state index >= 15 is 0 Å². The van der Waals surface area contributed by atoms with Crippen LogP contribution in [0.2, 0.25) is 0 Å². The second kappa shape index (κ2) is 8.20. The maximum Gasteiger partial charge on any atom is 0.276 e. The van der Waals surface area contributed by atoms with Gasteiger partial charge < -0.3 is 16.0 Å². The molecule has 0 spiro atoms. The van der Waals surface area contributed by atoms with E-state index in [2.05, 4.69) is 27.2 Å². The normalized spacial score (nSPS) is 11.0. The third-order valence-corrected chi connectivity index (χ3v) is 4.89. The van der Waals surface area contributed by atoms with Gasteiger partial charge in [-0.3, -0.25) is 14.2 Å². The standard InChI is InChI=1S/C22H22N6O2/c1-2-3-8-14-9-4-5-10-15(14)25-21(30)18-19(20(23)29)28(13-24-18)22-26-16-11-6-7-12-17(16)27-22/h4-7,9-13H,2-3,8H2,1H3,(H2,23,29)(H,25,30)(H,26,27). The third kappa shape index (κ3) is 3.67. The molecule has 2 heterocycles. The van der Waals surface area contributed by atoms with Gasteiger partial charge in [-0.2, -0.15) is 0 Å². The predicted molar refractivity (Wildman–Crippen MR) is 115 cm³/mol. The van der Waals surface area contributed by atoms with Crippen LogP contribution in [0.15, 0.2) is 54.9 Å². The van der Waals surface area contributed by atoms with Crippen LogP contribution in [0.25, 0.3) is 17.0 Å². The van der Waals surface area contributed by atoms with Gasteiger partial charge in [0.05, 0.1) is 11.0 Å². The van der Waals surface area contributed by atoms with Crippen LogP contribution in [0.4, 0.5) is 5.69 Å². The number of imidazole rings is 2. The minimum absolute atomic E-state index is 0.0300. The Balaban J connectivity index is 1.68. The van der Waals surface area contributed by atoms with Crippen molar-refractivity contribution in [2.24, 2.45) is 5.73 Å². The monoisotopic (exact) mass is 402 g/mol. The van der Waals surface area contributed by atoms with Gasteiger partial charge in [-0.1, -0.05) is 43.7 Å². The number of unbranched alkanes of at least 4 members (excludes halogenated alkanes) is 1. The van der Waals surface area contributed by atoms with E-state index in [0.29, 0.717) is 11.6 Å². The number of carbonyl (C=O) groups excluding carboxylic acids is 2. The maximum absolute atomic E-state index is 13.0. The van der Waals surface area contributed by atoms with Crippen molar-refractivity contribution in [1.29, 1.82) is 0 Å². The van der Waals surface area contributed by atoms with Gasteiger partial charge in [0.2, 0.25) is 5.95 Å². The number of aromatic amines is 1. The number of fused-ring (bicyclic) bond motifs is 1. The fraction of sp³-hybridized carbons (Fsp3) is 0.182. The Labute approximate surface area is 173 Å². The van der Waals surface area contributed by atoms with Crippen molar-refractivity contribution in [3.63, 3.8) is 0 Å². The lowest BCUT2D eigenvalue weighted by atomic mass is 10.1. The van der Waals surface area contributed by atoms with Crippen LogP contribution in [-0.4, -0.2) is 31.3 Å². The zero-order valence-electron chi connectivity index (χ0n) is 16.6. The summed E-state index contributed by atoms with van der Waals surface area (Å²) in [5.74, 6) is -0.903. The van der Waals surface area contributed by atoms with Crippen molar-refractivity contribution < 1.29 is 9.59 Å². The Morgan fingerprint density at radius 2 is 1.90 bits per heavy atom. The lowest BCUT2D eigenvalue weighted by Crippen LogP contribution is -2.23. The number of para-hydroxylation sites is 3. The number of hydrogen-bond acceptors (Lipinski definition) is 4. The van der Waals surface area contributed by atoms with Crippen molar-refractivity contribution in [1.82, 2.24) is 19.5 Å². The summed E-state index contributed by atoms with van der Waals surface area (Å²) < 4.78 is 1.40. The highest BCUT2D eigenvalue weighted by Gasteiger charge is 2.24. The Hall–Kier alpha value is -3.94. The van der Waals surface area contributed by atoms with Gasteiger partial charge in [-0.05, 0) is 36.6 Å². The Morgan fingerprint density at radius 1 is 1.13 bits per heavy atom. The average molecular weight is 402 g/mol. The summed E-state index contributed by atoms with van der Waals surface area (Å²) in [7, 11) is 0. The van der Waals surface area contributed by atoms with E-state index in [0.717, 1.165) is 35.9 Å². The molecule has 0 radical (unpaired) electrons. The summed E-state index contributed by atoms with van der Waals surface area (Å²) in [6.45, 7) is 2.12. The first kappa shape index (κ1) is 19.4. The Kier molecular flexibility index (Phi) is 5.30. The van der Waals surface area contributed by atoms with E-state index in [9.17, 15) is 9.59 Å². The van der Waals surface area contributed by atoms with Gasteiger partial charge in [0.25, 0.3) is 11.8 Å². The molecule has 152 valence electrons. The lowest BCUT2D eigenvalue weighted by molar-refractivity contribution is 0.0970. The number of carbonyl (C=O) groups is 2. The van der Waals surface area contributed by atoms with Gasteiger partial charge in [-0.25, -0.2) is 9.97 Å². The van der Waals surface area contributed by atoms with E-state index < -0.39 is 11.8 Å². The molecular formula is C22H22N6O2. The lowest BCUT2D eigenvalue weighted by Gasteiger charge is -2.10. The molecule has 0 bridgehead atoms. The number of anilines is 1. The predicted octanol–water partition coefficient (Wildman–Crippen LogP) is 3.44. The number of nitrogens with two attached hydrogens (primary N) is 1. The number of nitrogens with one attached hydrogen (secondary N) is 2. The molecule has 0 atom stereocenters. The number of amides is 2. The molecule has 2 aromatic heterocycles. The quantitative estimate of drug-likeness (QED) is 0.439. The molecule has 0 aliphatic rings. The molecule has 30 heavy (non-hydrogen) atoms. The highest BCUT2D eigenvalue weighted by Crippen LogP contribution is 2.21. The number of primary amides is 1. The molecule has 0 saturated heterocycles. The number of aryl methyl sites for hydroxylation is 1. The minimum Gasteiger partial charge on any atom is -0.364 e. The molecule has 0 fully saturated rings. The Bertz CT molecular complexity index is 1190. The highest BCUT2D eigenvalue weighted by atomic mass is 16.2. The topological polar surface area (TPSA) is 119 Å². The molecule has 0 unspecified atom stereocenters. The average Bonchev–Trinajstić information content (AvgIpc) is 3.37. The fourth-order valence-electron chi connectivity index (χ4n) is 3.37. The molecule has 0 aliphatic carbocycles. The number of nitrogens with zero attached hydrogens (tertiary/aromatic N) is 3. The van der Waals surface area contributed by atoms with Gasteiger partial charge in [-0.15, -0.1) is 0 Å². The van der Waals surface area contributed by atoms with Crippen LogP contribution in [0.5, 0.6) is 0 Å². The molecule has 8 nitrogen and oxygen atoms in total. The van der Waals surface area contributed by atoms with Crippen LogP contribution in [0.1, 0.15) is 46.3 Å². The third-order valence-electron chi connectivity index (χ3n) is 4.89. The molecular weight excluding hydrogens is 380 g/mol. The van der Waals surface area contributed by atoms with Gasteiger partial charge in [0.1, 0.15) is 12.0 Å². The molecule has 0 saturated carbocycles. The van der Waals surface area contributed by atoms with Crippen LogP contribution >= 0.6 is 0 Å². The summed E-state index contributed by atoms with van der Waals surface area (Å²) in [6.07, 6.45) is 4.29. The molecule has 4 N–H and O–H groups in total. The molecule has 2 aromatic carbocycles. The first-order chi connectivity index (χ1) is 14.6. The van der Waals surface area contributed by atoms with Crippen LogP contribution in [0, 0.1) is 0 Å². The van der Waals surface area contributed by atoms with Crippen LogP contribution in [0.3, 0.4) is 0 Å². The number of rotatable bonds is 7. The molecule has 0 aliphatic heterocycles. The summed E-state index contributed by atoms with van der Waals surface area (Å²) in [5, 5.41) is 2.87. The van der Waals surface area contributed by atoms with E-state index in [4.69, 9.17) is 5.73 Å². The summed E-state index contributed by atoms with van der Waals surface area (Å²) in [5.41, 5.74) is 8.78. The summed E-state index contributed by atoms with van der Waals surface area (Å²) in [6, 6.07) is 15.1. The van der Waals surface area contributed by atoms with Crippen molar-refractivity contribution in [2.75, 3.05) is 5.32 Å². The zero-order valence-corrected chi connectivity index (χ0v) is 16.6. The smallest absolute Gasteiger partial charge is 0.276 e. The second-order valence-electron chi connectivity index (χ2n) is 6.97. The largest absolute Gasteiger partial charge is 0.364 e. The van der Waals surface area contributed by atoms with Crippen molar-refractivity contribution >= 4 is 28.5 Å². The molecule has 4 aromatic rings. The van der Waals surface area contributed by atoms with Gasteiger partial charge >= 0.3 is 0 Å². The first-order valence-electron chi connectivity index (χ1n) is 9.80. The van der Waals surface area contributed by atoms with Crippen molar-refractivity contribution in [2.45, 2.75) is 26.2 Å². The van der Waals surface area contributed by atoms with Gasteiger partial charge in [0.15, 0.2) is 5.69 Å².